The quantitative estimate of drug-likeness (QED) is 0.741. The van der Waals surface area contributed by atoms with Gasteiger partial charge in [-0.2, -0.15) is 0 Å². The molecule has 0 unspecified atom stereocenters. The molecule has 1 aliphatic carbocycles. The van der Waals surface area contributed by atoms with Crippen molar-refractivity contribution in [2.45, 2.75) is 51.7 Å². The number of carbonyl (C=O) groups excluding carboxylic acids is 1. The van der Waals surface area contributed by atoms with Gasteiger partial charge in [-0.3, -0.25) is 0 Å². The van der Waals surface area contributed by atoms with Gasteiger partial charge in [0.1, 0.15) is 5.60 Å². The Bertz CT molecular complexity index is 292. The fourth-order valence-corrected chi connectivity index (χ4v) is 2.45. The van der Waals surface area contributed by atoms with Crippen LogP contribution in [0.3, 0.4) is 0 Å². The number of nitrogens with zero attached hydrogens (tertiary/aromatic N) is 1. The van der Waals surface area contributed by atoms with Crippen LogP contribution in [-0.4, -0.2) is 35.7 Å². The van der Waals surface area contributed by atoms with Crippen LogP contribution in [0.15, 0.2) is 0 Å². The van der Waals surface area contributed by atoms with E-state index in [2.05, 4.69) is 0 Å². The number of rotatable bonds is 1. The van der Waals surface area contributed by atoms with Gasteiger partial charge in [0.2, 0.25) is 0 Å². The predicted molar refractivity (Wildman–Crippen MR) is 62.1 cm³/mol. The molecular formula is C12H22N2O2. The number of amides is 1. The maximum absolute atomic E-state index is 12.0. The zero-order chi connectivity index (χ0) is 12.0. The van der Waals surface area contributed by atoms with E-state index in [1.165, 1.54) is 12.8 Å². The van der Waals surface area contributed by atoms with Crippen molar-refractivity contribution in [1.82, 2.24) is 4.90 Å². The monoisotopic (exact) mass is 226 g/mol. The topological polar surface area (TPSA) is 55.6 Å². The first-order valence-electron chi connectivity index (χ1n) is 6.05. The van der Waals surface area contributed by atoms with E-state index in [4.69, 9.17) is 10.5 Å². The van der Waals surface area contributed by atoms with Crippen LogP contribution in [0.1, 0.15) is 40.0 Å². The summed E-state index contributed by atoms with van der Waals surface area (Å²) < 4.78 is 5.41. The lowest BCUT2D eigenvalue weighted by atomic mass is 10.0. The van der Waals surface area contributed by atoms with E-state index < -0.39 is 5.60 Å². The summed E-state index contributed by atoms with van der Waals surface area (Å²) in [4.78, 5) is 13.8. The van der Waals surface area contributed by atoms with Crippen LogP contribution < -0.4 is 5.73 Å². The normalized spacial score (nSPS) is 27.2. The molecule has 0 aromatic carbocycles. The van der Waals surface area contributed by atoms with E-state index >= 15 is 0 Å². The van der Waals surface area contributed by atoms with Crippen molar-refractivity contribution in [3.63, 3.8) is 0 Å². The van der Waals surface area contributed by atoms with Crippen LogP contribution >= 0.6 is 0 Å². The minimum Gasteiger partial charge on any atom is -0.444 e. The highest BCUT2D eigenvalue weighted by atomic mass is 16.6. The summed E-state index contributed by atoms with van der Waals surface area (Å²) in [5.74, 6) is 0. The van der Waals surface area contributed by atoms with Gasteiger partial charge >= 0.3 is 6.09 Å². The van der Waals surface area contributed by atoms with Crippen LogP contribution in [0.4, 0.5) is 4.79 Å². The molecule has 1 saturated carbocycles. The summed E-state index contributed by atoms with van der Waals surface area (Å²) in [5.41, 5.74) is 5.69. The molecule has 2 rings (SSSR count). The molecule has 0 bridgehead atoms. The van der Waals surface area contributed by atoms with Crippen molar-refractivity contribution in [1.29, 1.82) is 0 Å². The SMILES string of the molecule is CC(C)(C)OC(=O)N1CC2(CC2)C[C@H]1CN. The lowest BCUT2D eigenvalue weighted by Gasteiger charge is -2.28. The van der Waals surface area contributed by atoms with Crippen LogP contribution in [-0.2, 0) is 4.74 Å². The van der Waals surface area contributed by atoms with E-state index in [-0.39, 0.29) is 12.1 Å². The molecule has 1 aliphatic heterocycles. The van der Waals surface area contributed by atoms with E-state index in [0.717, 1.165) is 13.0 Å². The number of nitrogens with two attached hydrogens (primary N) is 1. The average Bonchev–Trinajstić information content (AvgIpc) is 2.75. The van der Waals surface area contributed by atoms with Crippen LogP contribution in [0.25, 0.3) is 0 Å². The van der Waals surface area contributed by atoms with Gasteiger partial charge in [-0.05, 0) is 45.4 Å². The second-order valence-electron chi connectivity index (χ2n) is 6.20. The molecule has 1 heterocycles. The molecule has 0 aromatic heterocycles. The molecule has 4 heteroatoms. The summed E-state index contributed by atoms with van der Waals surface area (Å²) in [7, 11) is 0. The van der Waals surface area contributed by atoms with Gasteiger partial charge in [-0.1, -0.05) is 0 Å². The number of hydrogen-bond acceptors (Lipinski definition) is 3. The van der Waals surface area contributed by atoms with Gasteiger partial charge in [-0.15, -0.1) is 0 Å². The van der Waals surface area contributed by atoms with Crippen molar-refractivity contribution in [3.8, 4) is 0 Å². The first-order chi connectivity index (χ1) is 7.35. The largest absolute Gasteiger partial charge is 0.444 e. The predicted octanol–water partition coefficient (Wildman–Crippen LogP) is 1.73. The number of likely N-dealkylation sites (tertiary alicyclic amines) is 1. The molecule has 2 N–H and O–H groups in total. The van der Waals surface area contributed by atoms with Crippen LogP contribution in [0, 0.1) is 5.41 Å². The van der Waals surface area contributed by atoms with E-state index in [1.54, 1.807) is 0 Å². The lowest BCUT2D eigenvalue weighted by Crippen LogP contribution is -2.43. The Morgan fingerprint density at radius 3 is 2.56 bits per heavy atom. The lowest BCUT2D eigenvalue weighted by molar-refractivity contribution is 0.0225. The van der Waals surface area contributed by atoms with Crippen molar-refractivity contribution < 1.29 is 9.53 Å². The number of carbonyl (C=O) groups is 1. The molecule has 0 aromatic rings. The summed E-state index contributed by atoms with van der Waals surface area (Å²) in [6.45, 7) is 7.06. The highest BCUT2D eigenvalue weighted by molar-refractivity contribution is 5.69. The highest BCUT2D eigenvalue weighted by Gasteiger charge is 2.53. The standard InChI is InChI=1S/C12H22N2O2/c1-11(2,3)16-10(15)14-8-12(4-5-12)6-9(14)7-13/h9H,4-8,13H2,1-3H3/t9-/m0/s1. The summed E-state index contributed by atoms with van der Waals surface area (Å²) in [6, 6.07) is 0.178. The van der Waals surface area contributed by atoms with Crippen LogP contribution in [0.5, 0.6) is 0 Å². The number of hydrogen-bond donors (Lipinski definition) is 1. The van der Waals surface area contributed by atoms with Gasteiger partial charge in [0.05, 0.1) is 0 Å². The Balaban J connectivity index is 2.00. The van der Waals surface area contributed by atoms with Crippen LogP contribution in [0.2, 0.25) is 0 Å². The van der Waals surface area contributed by atoms with Crippen molar-refractivity contribution in [2.24, 2.45) is 11.1 Å². The third-order valence-corrected chi connectivity index (χ3v) is 3.47. The molecule has 92 valence electrons. The minimum atomic E-state index is -0.421. The van der Waals surface area contributed by atoms with Gasteiger partial charge in [0.15, 0.2) is 0 Å². The molecule has 1 atom stereocenters. The Morgan fingerprint density at radius 2 is 2.12 bits per heavy atom. The van der Waals surface area contributed by atoms with E-state index in [1.807, 2.05) is 25.7 Å². The molecule has 2 fully saturated rings. The fourth-order valence-electron chi connectivity index (χ4n) is 2.45. The zero-order valence-corrected chi connectivity index (χ0v) is 10.5. The fraction of sp³-hybridized carbons (Fsp3) is 0.917. The maximum atomic E-state index is 12.0. The zero-order valence-electron chi connectivity index (χ0n) is 10.5. The Hall–Kier alpha value is -0.770. The summed E-state index contributed by atoms with van der Waals surface area (Å²) in [6.07, 6.45) is 3.33. The van der Waals surface area contributed by atoms with E-state index in [9.17, 15) is 4.79 Å². The Morgan fingerprint density at radius 1 is 1.50 bits per heavy atom. The molecule has 1 spiro atoms. The van der Waals surface area contributed by atoms with Crippen molar-refractivity contribution in [3.05, 3.63) is 0 Å². The maximum Gasteiger partial charge on any atom is 0.410 e. The Labute approximate surface area is 97.1 Å². The van der Waals surface area contributed by atoms with Gasteiger partial charge in [0.25, 0.3) is 0 Å². The van der Waals surface area contributed by atoms with Crippen molar-refractivity contribution in [2.75, 3.05) is 13.1 Å². The minimum absolute atomic E-state index is 0.178. The summed E-state index contributed by atoms with van der Waals surface area (Å²) >= 11 is 0. The second kappa shape index (κ2) is 3.62. The van der Waals surface area contributed by atoms with Gasteiger partial charge < -0.3 is 15.4 Å². The van der Waals surface area contributed by atoms with E-state index in [0.29, 0.717) is 12.0 Å². The molecule has 4 nitrogen and oxygen atoms in total. The molecular weight excluding hydrogens is 204 g/mol. The highest BCUT2D eigenvalue weighted by Crippen LogP contribution is 2.54. The molecule has 2 aliphatic rings. The molecule has 16 heavy (non-hydrogen) atoms. The van der Waals surface area contributed by atoms with Gasteiger partial charge in [-0.25, -0.2) is 4.79 Å². The van der Waals surface area contributed by atoms with Gasteiger partial charge in [0, 0.05) is 19.1 Å². The van der Waals surface area contributed by atoms with Crippen molar-refractivity contribution >= 4 is 6.09 Å². The first-order valence-corrected chi connectivity index (χ1v) is 6.05. The smallest absolute Gasteiger partial charge is 0.410 e. The molecule has 1 saturated heterocycles. The molecule has 1 amide bonds. The Kier molecular flexibility index (Phi) is 2.65. The molecule has 0 radical (unpaired) electrons. The third kappa shape index (κ3) is 2.32. The first kappa shape index (κ1) is 11.7. The second-order valence-corrected chi connectivity index (χ2v) is 6.20. The number of ether oxygens (including phenoxy) is 1. The average molecular weight is 226 g/mol. The summed E-state index contributed by atoms with van der Waals surface area (Å²) in [5, 5.41) is 0. The third-order valence-electron chi connectivity index (χ3n) is 3.47.